The second-order valence-electron chi connectivity index (χ2n) is 11.5. The number of imidazole rings is 1. The quantitative estimate of drug-likeness (QED) is 0.166. The summed E-state index contributed by atoms with van der Waals surface area (Å²) >= 11 is 0. The number of hydrogen-bond acceptors (Lipinski definition) is 4. The van der Waals surface area contributed by atoms with E-state index in [9.17, 15) is 0 Å². The molecule has 9 rings (SSSR count). The number of benzene rings is 6. The van der Waals surface area contributed by atoms with E-state index >= 15 is 0 Å². The predicted molar refractivity (Wildman–Crippen MR) is 196 cm³/mol. The Morgan fingerprint density at radius 1 is 0.560 bits per heavy atom. The van der Waals surface area contributed by atoms with Crippen LogP contribution in [-0.4, -0.2) is 19.4 Å². The molecule has 0 aliphatic heterocycles. The molecular formula is C44H27IrN5-2. The van der Waals surface area contributed by atoms with Crippen LogP contribution >= 0.6 is 0 Å². The Morgan fingerprint density at radius 3 is 1.92 bits per heavy atom. The summed E-state index contributed by atoms with van der Waals surface area (Å²) in [5, 5.41) is 9.65. The molecule has 50 heavy (non-hydrogen) atoms. The number of fused-ring (bicyclic) bond motifs is 5. The monoisotopic (exact) mass is 818 g/mol. The third kappa shape index (κ3) is 6.44. The number of hydrogen-bond donors (Lipinski definition) is 0. The van der Waals surface area contributed by atoms with Crippen molar-refractivity contribution in [3.05, 3.63) is 182 Å². The van der Waals surface area contributed by atoms with E-state index in [0.29, 0.717) is 5.56 Å². The van der Waals surface area contributed by atoms with Gasteiger partial charge in [-0.25, -0.2) is 0 Å². The van der Waals surface area contributed by atoms with Crippen molar-refractivity contribution >= 4 is 27.6 Å². The van der Waals surface area contributed by atoms with Crippen LogP contribution in [0.15, 0.2) is 164 Å². The third-order valence-electron chi connectivity index (χ3n) is 8.33. The van der Waals surface area contributed by atoms with E-state index in [1.807, 2.05) is 54.6 Å². The number of para-hydroxylation sites is 2. The number of nitriles is 1. The number of aromatic nitrogens is 4. The average molecular weight is 818 g/mol. The summed E-state index contributed by atoms with van der Waals surface area (Å²) in [6, 6.07) is 61.3. The molecule has 239 valence electrons. The zero-order valence-electron chi connectivity index (χ0n) is 26.7. The van der Waals surface area contributed by atoms with E-state index in [1.165, 1.54) is 11.1 Å². The molecule has 0 spiro atoms. The summed E-state index contributed by atoms with van der Waals surface area (Å²) in [5.74, 6) is 0.871. The molecular weight excluding hydrogens is 791 g/mol. The van der Waals surface area contributed by atoms with Gasteiger partial charge >= 0.3 is 0 Å². The standard InChI is InChI=1S/C32H20N3.C12H7N2.Ir/c1-3-11-22(12-4-1)24-19-25(23-13-5-2-6-14-23)21-26(20-24)31-33-28-16-8-7-15-27(28)32-34-29-17-9-10-18-30(29)35(31)32;13-9-10-4-3-5-11(8-10)12-6-1-2-7-14-12;/h1-14,16-21H;1-4,6-8H;/q2*-1;. The van der Waals surface area contributed by atoms with Gasteiger partial charge in [-0.1, -0.05) is 90.3 Å². The van der Waals surface area contributed by atoms with E-state index in [4.69, 9.17) is 15.2 Å². The molecule has 0 amide bonds. The molecule has 0 aliphatic carbocycles. The molecule has 1 radical (unpaired) electrons. The van der Waals surface area contributed by atoms with E-state index < -0.39 is 0 Å². The number of pyridine rings is 1. The van der Waals surface area contributed by atoms with Gasteiger partial charge in [0.15, 0.2) is 0 Å². The van der Waals surface area contributed by atoms with Gasteiger partial charge in [-0.3, -0.25) is 9.97 Å². The Balaban J connectivity index is 0.000000220. The molecule has 0 aliphatic rings. The van der Waals surface area contributed by atoms with Crippen molar-refractivity contribution in [2.45, 2.75) is 0 Å². The van der Waals surface area contributed by atoms with Crippen molar-refractivity contribution in [1.82, 2.24) is 19.4 Å². The van der Waals surface area contributed by atoms with Crippen LogP contribution in [0, 0.1) is 23.5 Å². The van der Waals surface area contributed by atoms with E-state index in [-0.39, 0.29) is 20.1 Å². The fourth-order valence-electron chi connectivity index (χ4n) is 6.02. The minimum Gasteiger partial charge on any atom is -0.318 e. The molecule has 0 saturated carbocycles. The van der Waals surface area contributed by atoms with Crippen molar-refractivity contribution in [3.63, 3.8) is 0 Å². The molecule has 3 heterocycles. The summed E-state index contributed by atoms with van der Waals surface area (Å²) in [6.45, 7) is 0. The average Bonchev–Trinajstić information content (AvgIpc) is 3.59. The van der Waals surface area contributed by atoms with Crippen molar-refractivity contribution in [3.8, 4) is 51.0 Å². The maximum Gasteiger partial charge on any atom is 0.128 e. The summed E-state index contributed by atoms with van der Waals surface area (Å²) in [5.41, 5.74) is 11.8. The molecule has 0 fully saturated rings. The first-order valence-corrected chi connectivity index (χ1v) is 15.9. The Morgan fingerprint density at radius 2 is 1.22 bits per heavy atom. The van der Waals surface area contributed by atoms with Crippen LogP contribution in [0.2, 0.25) is 0 Å². The minimum atomic E-state index is 0. The predicted octanol–water partition coefficient (Wildman–Crippen LogP) is 10.3. The van der Waals surface area contributed by atoms with Crippen LogP contribution in [0.25, 0.3) is 72.5 Å². The molecule has 5 nitrogen and oxygen atoms in total. The van der Waals surface area contributed by atoms with Crippen LogP contribution in [0.1, 0.15) is 5.56 Å². The van der Waals surface area contributed by atoms with Gasteiger partial charge in [-0.05, 0) is 75.4 Å². The van der Waals surface area contributed by atoms with Crippen LogP contribution in [0.4, 0.5) is 0 Å². The van der Waals surface area contributed by atoms with E-state index in [1.54, 1.807) is 24.4 Å². The maximum atomic E-state index is 8.72. The summed E-state index contributed by atoms with van der Waals surface area (Å²) in [4.78, 5) is 14.3. The molecule has 0 bridgehead atoms. The van der Waals surface area contributed by atoms with Crippen LogP contribution in [0.5, 0.6) is 0 Å². The van der Waals surface area contributed by atoms with Crippen LogP contribution in [-0.2, 0) is 20.1 Å². The second kappa shape index (κ2) is 14.5. The minimum absolute atomic E-state index is 0. The van der Waals surface area contributed by atoms with Gasteiger partial charge in [0.1, 0.15) is 5.82 Å². The molecule has 0 unspecified atom stereocenters. The van der Waals surface area contributed by atoms with Gasteiger partial charge in [0.05, 0.1) is 22.7 Å². The molecule has 6 aromatic carbocycles. The second-order valence-corrected chi connectivity index (χ2v) is 11.5. The van der Waals surface area contributed by atoms with Gasteiger partial charge in [0.25, 0.3) is 0 Å². The Hall–Kier alpha value is -6.25. The SMILES string of the molecule is N#Cc1cc[c-]c(-c2ccccn2)c1.[Ir].[c-]1cccc2nc(-c3cc(-c4ccccc4)cc(-c4ccccc4)c3)n3c4ccccc4nc3c12. The first-order chi connectivity index (χ1) is 24.2. The molecule has 9 aromatic rings. The first kappa shape index (κ1) is 32.3. The van der Waals surface area contributed by atoms with Crippen LogP contribution < -0.4 is 0 Å². The van der Waals surface area contributed by atoms with Gasteiger partial charge in [0, 0.05) is 31.9 Å². The van der Waals surface area contributed by atoms with Gasteiger partial charge in [-0.2, -0.15) is 5.26 Å². The largest absolute Gasteiger partial charge is 0.318 e. The van der Waals surface area contributed by atoms with Crippen molar-refractivity contribution in [1.29, 1.82) is 5.26 Å². The van der Waals surface area contributed by atoms with Gasteiger partial charge < -0.3 is 9.38 Å². The Kier molecular flexibility index (Phi) is 9.35. The summed E-state index contributed by atoms with van der Waals surface area (Å²) in [6.07, 6.45) is 1.72. The molecule has 0 atom stereocenters. The smallest absolute Gasteiger partial charge is 0.128 e. The zero-order valence-corrected chi connectivity index (χ0v) is 29.1. The van der Waals surface area contributed by atoms with E-state index in [2.05, 4.69) is 113 Å². The molecule has 0 saturated heterocycles. The van der Waals surface area contributed by atoms with Crippen molar-refractivity contribution < 1.29 is 20.1 Å². The fourth-order valence-corrected chi connectivity index (χ4v) is 6.02. The fraction of sp³-hybridized carbons (Fsp3) is 0. The normalized spacial score (nSPS) is 10.6. The maximum absolute atomic E-state index is 8.72. The van der Waals surface area contributed by atoms with Gasteiger partial charge in [0.2, 0.25) is 0 Å². The van der Waals surface area contributed by atoms with Gasteiger partial charge in [-0.15, -0.1) is 54.1 Å². The van der Waals surface area contributed by atoms with Crippen molar-refractivity contribution in [2.24, 2.45) is 0 Å². The summed E-state index contributed by atoms with van der Waals surface area (Å²) in [7, 11) is 0. The Labute approximate surface area is 303 Å². The molecule has 0 N–H and O–H groups in total. The third-order valence-corrected chi connectivity index (χ3v) is 8.33. The molecule has 3 aromatic heterocycles. The number of nitrogens with zero attached hydrogens (tertiary/aromatic N) is 5. The van der Waals surface area contributed by atoms with E-state index in [0.717, 1.165) is 61.4 Å². The summed E-state index contributed by atoms with van der Waals surface area (Å²) < 4.78 is 2.17. The Bertz CT molecular complexity index is 2550. The topological polar surface area (TPSA) is 66.9 Å². The van der Waals surface area contributed by atoms with Crippen molar-refractivity contribution in [2.75, 3.05) is 0 Å². The first-order valence-electron chi connectivity index (χ1n) is 15.9. The number of rotatable bonds is 4. The van der Waals surface area contributed by atoms with Crippen LogP contribution in [0.3, 0.4) is 0 Å². The zero-order chi connectivity index (χ0) is 33.0. The molecule has 6 heteroatoms.